The van der Waals surface area contributed by atoms with Gasteiger partial charge in [0, 0.05) is 31.7 Å². The summed E-state index contributed by atoms with van der Waals surface area (Å²) in [6, 6.07) is 8.70. The molecule has 0 aliphatic heterocycles. The van der Waals surface area contributed by atoms with Crippen LogP contribution in [0, 0.1) is 0 Å². The fourth-order valence-corrected chi connectivity index (χ4v) is 2.30. The van der Waals surface area contributed by atoms with E-state index >= 15 is 0 Å². The van der Waals surface area contributed by atoms with Gasteiger partial charge in [0.25, 0.3) is 0 Å². The third-order valence-electron chi connectivity index (χ3n) is 3.16. The monoisotopic (exact) mass is 327 g/mol. The molecule has 0 atom stereocenters. The van der Waals surface area contributed by atoms with Gasteiger partial charge in [0.2, 0.25) is 0 Å². The summed E-state index contributed by atoms with van der Waals surface area (Å²) in [6.45, 7) is 1.73. The van der Waals surface area contributed by atoms with Gasteiger partial charge in [0.15, 0.2) is 0 Å². The number of alkyl halides is 1. The summed E-state index contributed by atoms with van der Waals surface area (Å²) in [5.41, 5.74) is 2.60. The maximum Gasteiger partial charge on any atom is 0.0506 e. The number of halogens is 1. The van der Waals surface area contributed by atoms with Gasteiger partial charge in [0.05, 0.1) is 6.61 Å². The first kappa shape index (κ1) is 16.5. The number of nitrogens with zero attached hydrogens (tertiary/aromatic N) is 1. The summed E-state index contributed by atoms with van der Waals surface area (Å²) in [4.78, 5) is 2.12. The minimum atomic E-state index is 0.833. The molecule has 1 aromatic rings. The van der Waals surface area contributed by atoms with Crippen molar-refractivity contribution in [2.45, 2.75) is 32.1 Å². The molecule has 0 spiro atoms. The molecule has 1 rings (SSSR count). The molecule has 108 valence electrons. The van der Waals surface area contributed by atoms with E-state index < -0.39 is 0 Å². The quantitative estimate of drug-likeness (QED) is 0.470. The molecular weight excluding hydrogens is 302 g/mol. The van der Waals surface area contributed by atoms with Crippen molar-refractivity contribution in [3.63, 3.8) is 0 Å². The third-order valence-corrected chi connectivity index (χ3v) is 3.72. The molecule has 2 nitrogen and oxygen atoms in total. The third kappa shape index (κ3) is 7.58. The van der Waals surface area contributed by atoms with Crippen molar-refractivity contribution >= 4 is 21.6 Å². The Hall–Kier alpha value is -0.540. The van der Waals surface area contributed by atoms with E-state index in [1.165, 1.54) is 36.9 Å². The fraction of sp³-hybridized carbons (Fsp3) is 0.625. The van der Waals surface area contributed by atoms with Crippen LogP contribution in [0.4, 0.5) is 5.69 Å². The highest BCUT2D eigenvalue weighted by atomic mass is 79.9. The lowest BCUT2D eigenvalue weighted by molar-refractivity contribution is 0.133. The Morgan fingerprint density at radius 1 is 0.947 bits per heavy atom. The van der Waals surface area contributed by atoms with Crippen molar-refractivity contribution in [3.05, 3.63) is 29.8 Å². The van der Waals surface area contributed by atoms with E-state index in [-0.39, 0.29) is 0 Å². The summed E-state index contributed by atoms with van der Waals surface area (Å²) < 4.78 is 5.67. The van der Waals surface area contributed by atoms with E-state index in [0.717, 1.165) is 25.0 Å². The Morgan fingerprint density at radius 3 is 2.26 bits per heavy atom. The van der Waals surface area contributed by atoms with Crippen LogP contribution >= 0.6 is 15.9 Å². The summed E-state index contributed by atoms with van der Waals surface area (Å²) in [5.74, 6) is 0. The van der Waals surface area contributed by atoms with Crippen molar-refractivity contribution in [1.82, 2.24) is 0 Å². The SMILES string of the molecule is CN(C)c1ccc(CCOCCCCCCBr)cc1. The first-order valence-corrected chi connectivity index (χ1v) is 8.26. The van der Waals surface area contributed by atoms with Crippen LogP contribution in [0.15, 0.2) is 24.3 Å². The second-order valence-corrected chi connectivity index (χ2v) is 5.82. The topological polar surface area (TPSA) is 12.5 Å². The highest BCUT2D eigenvalue weighted by molar-refractivity contribution is 9.09. The Morgan fingerprint density at radius 2 is 1.63 bits per heavy atom. The van der Waals surface area contributed by atoms with Crippen LogP contribution in [0.3, 0.4) is 0 Å². The predicted molar refractivity (Wildman–Crippen MR) is 87.6 cm³/mol. The van der Waals surface area contributed by atoms with Crippen LogP contribution < -0.4 is 4.90 Å². The molecular formula is C16H26BrNO. The number of hydrogen-bond donors (Lipinski definition) is 0. The number of hydrogen-bond acceptors (Lipinski definition) is 2. The molecule has 0 amide bonds. The molecule has 0 heterocycles. The van der Waals surface area contributed by atoms with Gasteiger partial charge in [-0.25, -0.2) is 0 Å². The molecule has 0 radical (unpaired) electrons. The first-order valence-electron chi connectivity index (χ1n) is 7.14. The van der Waals surface area contributed by atoms with Gasteiger partial charge in [-0.2, -0.15) is 0 Å². The summed E-state index contributed by atoms with van der Waals surface area (Å²) >= 11 is 3.45. The van der Waals surface area contributed by atoms with Crippen molar-refractivity contribution in [3.8, 4) is 0 Å². The molecule has 0 unspecified atom stereocenters. The fourth-order valence-electron chi connectivity index (χ4n) is 1.91. The van der Waals surface area contributed by atoms with Crippen molar-refractivity contribution in [2.24, 2.45) is 0 Å². The molecule has 0 saturated heterocycles. The van der Waals surface area contributed by atoms with Gasteiger partial charge in [-0.05, 0) is 37.0 Å². The zero-order valence-electron chi connectivity index (χ0n) is 12.2. The molecule has 19 heavy (non-hydrogen) atoms. The molecule has 1 aromatic carbocycles. The number of rotatable bonds is 10. The molecule has 0 aliphatic rings. The van der Waals surface area contributed by atoms with Gasteiger partial charge in [0.1, 0.15) is 0 Å². The highest BCUT2D eigenvalue weighted by Gasteiger charge is 1.97. The van der Waals surface area contributed by atoms with Crippen molar-refractivity contribution < 1.29 is 4.74 Å². The van der Waals surface area contributed by atoms with Crippen molar-refractivity contribution in [1.29, 1.82) is 0 Å². The Balaban J connectivity index is 2.06. The zero-order chi connectivity index (χ0) is 13.9. The molecule has 0 fully saturated rings. The smallest absolute Gasteiger partial charge is 0.0506 e. The Labute approximate surface area is 126 Å². The normalized spacial score (nSPS) is 10.7. The minimum Gasteiger partial charge on any atom is -0.381 e. The lowest BCUT2D eigenvalue weighted by atomic mass is 10.1. The Kier molecular flexibility index (Phi) is 8.93. The van der Waals surface area contributed by atoms with E-state index in [0.29, 0.717) is 0 Å². The summed E-state index contributed by atoms with van der Waals surface area (Å²) in [5, 5.41) is 1.12. The molecule has 0 bridgehead atoms. The van der Waals surface area contributed by atoms with E-state index in [1.54, 1.807) is 0 Å². The lowest BCUT2D eigenvalue weighted by Gasteiger charge is -2.12. The second kappa shape index (κ2) is 10.3. The van der Waals surface area contributed by atoms with Crippen LogP contribution in [-0.4, -0.2) is 32.6 Å². The molecule has 0 saturated carbocycles. The maximum absolute atomic E-state index is 5.67. The predicted octanol–water partition coefficient (Wildman–Crippen LogP) is 4.27. The summed E-state index contributed by atoms with van der Waals surface area (Å²) in [6.07, 6.45) is 6.06. The standard InChI is InChI=1S/C16H26BrNO/c1-18(2)16-9-7-15(8-10-16)11-14-19-13-6-4-3-5-12-17/h7-10H,3-6,11-14H2,1-2H3. The van der Waals surface area contributed by atoms with Crippen LogP contribution in [0.25, 0.3) is 0 Å². The van der Waals surface area contributed by atoms with Gasteiger partial charge < -0.3 is 9.64 Å². The van der Waals surface area contributed by atoms with Crippen LogP contribution in [-0.2, 0) is 11.2 Å². The number of unbranched alkanes of at least 4 members (excludes halogenated alkanes) is 3. The highest BCUT2D eigenvalue weighted by Crippen LogP contribution is 2.12. The Bertz CT molecular complexity index is 324. The first-order chi connectivity index (χ1) is 9.24. The lowest BCUT2D eigenvalue weighted by Crippen LogP contribution is -2.08. The van der Waals surface area contributed by atoms with Crippen LogP contribution in [0.1, 0.15) is 31.2 Å². The van der Waals surface area contributed by atoms with E-state index in [9.17, 15) is 0 Å². The van der Waals surface area contributed by atoms with Gasteiger partial charge in [-0.3, -0.25) is 0 Å². The van der Waals surface area contributed by atoms with Gasteiger partial charge in [-0.1, -0.05) is 40.9 Å². The largest absolute Gasteiger partial charge is 0.381 e. The van der Waals surface area contributed by atoms with Crippen molar-refractivity contribution in [2.75, 3.05) is 37.5 Å². The number of ether oxygens (including phenoxy) is 1. The number of anilines is 1. The van der Waals surface area contributed by atoms with E-state index in [2.05, 4.69) is 59.2 Å². The average Bonchev–Trinajstić information content (AvgIpc) is 2.42. The van der Waals surface area contributed by atoms with E-state index in [1.807, 2.05) is 0 Å². The van der Waals surface area contributed by atoms with Crippen LogP contribution in [0.5, 0.6) is 0 Å². The molecule has 0 aliphatic carbocycles. The van der Waals surface area contributed by atoms with Gasteiger partial charge >= 0.3 is 0 Å². The maximum atomic E-state index is 5.67. The molecule has 3 heteroatoms. The zero-order valence-corrected chi connectivity index (χ0v) is 13.8. The second-order valence-electron chi connectivity index (χ2n) is 5.03. The molecule has 0 aromatic heterocycles. The van der Waals surface area contributed by atoms with Crippen LogP contribution in [0.2, 0.25) is 0 Å². The minimum absolute atomic E-state index is 0.833. The van der Waals surface area contributed by atoms with Gasteiger partial charge in [-0.15, -0.1) is 0 Å². The number of benzene rings is 1. The average molecular weight is 328 g/mol. The van der Waals surface area contributed by atoms with E-state index in [4.69, 9.17) is 4.74 Å². The molecule has 0 N–H and O–H groups in total. The summed E-state index contributed by atoms with van der Waals surface area (Å²) in [7, 11) is 4.13.